The number of hydrogen-bond acceptors (Lipinski definition) is 2. The Bertz CT molecular complexity index is 754. The van der Waals surface area contributed by atoms with Crippen molar-refractivity contribution in [2.45, 2.75) is 17.2 Å². The van der Waals surface area contributed by atoms with Gasteiger partial charge in [-0.1, -0.05) is 36.3 Å². The largest absolute Gasteiger partial charge is 0.315 e. The van der Waals surface area contributed by atoms with Crippen molar-refractivity contribution >= 4 is 22.8 Å². The van der Waals surface area contributed by atoms with Crippen LogP contribution < -0.4 is 0 Å². The maximum Gasteiger partial charge on any atom is 0.121 e. The fraction of sp³-hybridized carbons (Fsp3) is 0.118. The zero-order valence-electron chi connectivity index (χ0n) is 11.0. The maximum absolute atomic E-state index is 5.48. The van der Waals surface area contributed by atoms with Crippen molar-refractivity contribution in [2.24, 2.45) is 0 Å². The van der Waals surface area contributed by atoms with E-state index in [-0.39, 0.29) is 0 Å². The van der Waals surface area contributed by atoms with Gasteiger partial charge in [-0.3, -0.25) is 0 Å². The van der Waals surface area contributed by atoms with E-state index in [2.05, 4.69) is 28.7 Å². The summed E-state index contributed by atoms with van der Waals surface area (Å²) in [7, 11) is 0. The molecule has 1 heterocycles. The minimum Gasteiger partial charge on any atom is -0.315 e. The Hall–Kier alpha value is -2.18. The fourth-order valence-corrected chi connectivity index (χ4v) is 3.03. The van der Waals surface area contributed by atoms with Gasteiger partial charge in [-0.2, -0.15) is 0 Å². The van der Waals surface area contributed by atoms with E-state index < -0.39 is 0 Å². The van der Waals surface area contributed by atoms with Crippen LogP contribution in [0, 0.1) is 12.3 Å². The molecule has 0 fully saturated rings. The molecule has 0 amide bonds. The van der Waals surface area contributed by atoms with Crippen LogP contribution in [0.25, 0.3) is 11.0 Å². The molecule has 98 valence electrons. The second-order valence-corrected chi connectivity index (χ2v) is 5.46. The highest BCUT2D eigenvalue weighted by Gasteiger charge is 2.09. The summed E-state index contributed by atoms with van der Waals surface area (Å²) in [4.78, 5) is 5.94. The number of nitrogens with zero attached hydrogens (tertiary/aromatic N) is 2. The maximum atomic E-state index is 5.48. The van der Waals surface area contributed by atoms with Gasteiger partial charge < -0.3 is 4.57 Å². The lowest BCUT2D eigenvalue weighted by atomic mass is 10.3. The third-order valence-corrected chi connectivity index (χ3v) is 4.10. The van der Waals surface area contributed by atoms with Gasteiger partial charge in [-0.15, -0.1) is 18.2 Å². The SMILES string of the molecule is C#CCn1c(CSc2ccccc2)nc2ccccc21. The van der Waals surface area contributed by atoms with Gasteiger partial charge in [0.05, 0.1) is 23.3 Å². The molecule has 0 aliphatic carbocycles. The number of rotatable bonds is 4. The normalized spacial score (nSPS) is 10.6. The van der Waals surface area contributed by atoms with Gasteiger partial charge in [0.2, 0.25) is 0 Å². The van der Waals surface area contributed by atoms with Crippen LogP contribution in [0.15, 0.2) is 59.5 Å². The number of hydrogen-bond donors (Lipinski definition) is 0. The highest BCUT2D eigenvalue weighted by Crippen LogP contribution is 2.24. The summed E-state index contributed by atoms with van der Waals surface area (Å²) in [6, 6.07) is 18.5. The first kappa shape index (κ1) is 12.8. The van der Waals surface area contributed by atoms with E-state index in [0.717, 1.165) is 22.6 Å². The van der Waals surface area contributed by atoms with Crippen molar-refractivity contribution in [2.75, 3.05) is 0 Å². The number of imidazole rings is 1. The summed E-state index contributed by atoms with van der Waals surface area (Å²) >= 11 is 1.78. The molecule has 20 heavy (non-hydrogen) atoms. The highest BCUT2D eigenvalue weighted by atomic mass is 32.2. The molecular weight excluding hydrogens is 264 g/mol. The summed E-state index contributed by atoms with van der Waals surface area (Å²) in [5.74, 6) is 4.56. The van der Waals surface area contributed by atoms with Gasteiger partial charge in [-0.25, -0.2) is 4.98 Å². The second-order valence-electron chi connectivity index (χ2n) is 4.41. The van der Waals surface area contributed by atoms with E-state index in [4.69, 9.17) is 11.4 Å². The Labute approximate surface area is 122 Å². The third kappa shape index (κ3) is 2.56. The van der Waals surface area contributed by atoms with Crippen molar-refractivity contribution in [3.8, 4) is 12.3 Å². The molecular formula is C17H14N2S. The summed E-state index contributed by atoms with van der Waals surface area (Å²) < 4.78 is 2.12. The van der Waals surface area contributed by atoms with Gasteiger partial charge >= 0.3 is 0 Å². The zero-order valence-corrected chi connectivity index (χ0v) is 11.8. The van der Waals surface area contributed by atoms with Crippen LogP contribution in [0.4, 0.5) is 0 Å². The molecule has 1 aromatic heterocycles. The topological polar surface area (TPSA) is 17.8 Å². The lowest BCUT2D eigenvalue weighted by molar-refractivity contribution is 0.816. The minimum absolute atomic E-state index is 0.561. The molecule has 0 spiro atoms. The molecule has 0 aliphatic rings. The standard InChI is InChI=1S/C17H14N2S/c1-2-12-19-16-11-7-6-10-15(16)18-17(19)13-20-14-8-4-3-5-9-14/h1,3-11H,12-13H2. The summed E-state index contributed by atoms with van der Waals surface area (Å²) in [6.07, 6.45) is 5.48. The fourth-order valence-electron chi connectivity index (χ4n) is 2.17. The number of benzene rings is 2. The van der Waals surface area contributed by atoms with Crippen molar-refractivity contribution in [3.63, 3.8) is 0 Å². The van der Waals surface area contributed by atoms with E-state index >= 15 is 0 Å². The highest BCUT2D eigenvalue weighted by molar-refractivity contribution is 7.98. The van der Waals surface area contributed by atoms with Crippen molar-refractivity contribution in [3.05, 3.63) is 60.4 Å². The number of aromatic nitrogens is 2. The molecule has 0 radical (unpaired) electrons. The minimum atomic E-state index is 0.561. The quantitative estimate of drug-likeness (QED) is 0.531. The average Bonchev–Trinajstić information content (AvgIpc) is 2.85. The molecule has 0 unspecified atom stereocenters. The second kappa shape index (κ2) is 5.85. The van der Waals surface area contributed by atoms with Gasteiger partial charge in [-0.05, 0) is 24.3 Å². The van der Waals surface area contributed by atoms with E-state index in [1.54, 1.807) is 11.8 Å². The summed E-state index contributed by atoms with van der Waals surface area (Å²) in [6.45, 7) is 0.561. The predicted octanol–water partition coefficient (Wildman–Crippen LogP) is 3.96. The van der Waals surface area contributed by atoms with Crippen LogP contribution in [0.3, 0.4) is 0 Å². The summed E-state index contributed by atoms with van der Waals surface area (Å²) in [5.41, 5.74) is 2.11. The molecule has 0 N–H and O–H groups in total. The van der Waals surface area contributed by atoms with E-state index in [1.807, 2.05) is 36.4 Å². The predicted molar refractivity (Wildman–Crippen MR) is 84.6 cm³/mol. The average molecular weight is 278 g/mol. The van der Waals surface area contributed by atoms with Crippen molar-refractivity contribution < 1.29 is 0 Å². The number of thioether (sulfide) groups is 1. The Morgan fingerprint density at radius 2 is 1.80 bits per heavy atom. The Morgan fingerprint density at radius 1 is 1.05 bits per heavy atom. The first-order chi connectivity index (χ1) is 9.88. The first-order valence-corrected chi connectivity index (χ1v) is 7.42. The van der Waals surface area contributed by atoms with Gasteiger partial charge in [0.15, 0.2) is 0 Å². The van der Waals surface area contributed by atoms with Crippen LogP contribution in [-0.4, -0.2) is 9.55 Å². The Morgan fingerprint density at radius 3 is 2.60 bits per heavy atom. The Kier molecular flexibility index (Phi) is 3.76. The molecule has 0 aliphatic heterocycles. The monoisotopic (exact) mass is 278 g/mol. The Balaban J connectivity index is 1.91. The number of terminal acetylenes is 1. The van der Waals surface area contributed by atoms with Crippen molar-refractivity contribution in [1.29, 1.82) is 0 Å². The van der Waals surface area contributed by atoms with Crippen molar-refractivity contribution in [1.82, 2.24) is 9.55 Å². The summed E-state index contributed by atoms with van der Waals surface area (Å²) in [5, 5.41) is 0. The molecule has 3 rings (SSSR count). The third-order valence-electron chi connectivity index (χ3n) is 3.09. The first-order valence-electron chi connectivity index (χ1n) is 6.44. The van der Waals surface area contributed by atoms with Gasteiger partial charge in [0.1, 0.15) is 5.82 Å². The molecule has 2 aromatic carbocycles. The van der Waals surface area contributed by atoms with Crippen LogP contribution >= 0.6 is 11.8 Å². The van der Waals surface area contributed by atoms with Crippen LogP contribution in [0.5, 0.6) is 0 Å². The smallest absolute Gasteiger partial charge is 0.121 e. The number of fused-ring (bicyclic) bond motifs is 1. The molecule has 0 saturated heterocycles. The molecule has 3 aromatic rings. The molecule has 0 bridgehead atoms. The van der Waals surface area contributed by atoms with Crippen LogP contribution in [0.1, 0.15) is 5.82 Å². The van der Waals surface area contributed by atoms with Crippen LogP contribution in [0.2, 0.25) is 0 Å². The number of para-hydroxylation sites is 2. The molecule has 2 nitrogen and oxygen atoms in total. The molecule has 0 saturated carbocycles. The molecule has 0 atom stereocenters. The van der Waals surface area contributed by atoms with E-state index in [1.165, 1.54) is 4.90 Å². The molecule has 3 heteroatoms. The van der Waals surface area contributed by atoms with Gasteiger partial charge in [0, 0.05) is 4.90 Å². The zero-order chi connectivity index (χ0) is 13.8. The lowest BCUT2D eigenvalue weighted by Gasteiger charge is -2.05. The van der Waals surface area contributed by atoms with Gasteiger partial charge in [0.25, 0.3) is 0 Å². The van der Waals surface area contributed by atoms with E-state index in [0.29, 0.717) is 6.54 Å². The lowest BCUT2D eigenvalue weighted by Crippen LogP contribution is -2.01. The van der Waals surface area contributed by atoms with E-state index in [9.17, 15) is 0 Å². The van der Waals surface area contributed by atoms with Crippen LogP contribution in [-0.2, 0) is 12.3 Å².